The van der Waals surface area contributed by atoms with Gasteiger partial charge in [-0.3, -0.25) is 9.59 Å². The monoisotopic (exact) mass is 310 g/mol. The molecule has 1 aromatic rings. The van der Waals surface area contributed by atoms with E-state index < -0.39 is 0 Å². The van der Waals surface area contributed by atoms with Crippen molar-refractivity contribution in [2.45, 2.75) is 38.3 Å². The number of hydrogen-bond acceptors (Lipinski definition) is 3. The largest absolute Gasteiger partial charge is 0.351 e. The van der Waals surface area contributed by atoms with Gasteiger partial charge in [-0.05, 0) is 37.6 Å². The molecule has 1 heterocycles. The smallest absolute Gasteiger partial charge is 0.278 e. The van der Waals surface area contributed by atoms with Crippen LogP contribution in [-0.4, -0.2) is 44.0 Å². The topological polar surface area (TPSA) is 62.6 Å². The molecule has 116 valence electrons. The number of likely N-dealkylation sites (N-methyl/N-ethyl adjacent to an activating group) is 1. The summed E-state index contributed by atoms with van der Waals surface area (Å²) in [6, 6.07) is 4.24. The molecule has 1 fully saturated rings. The van der Waals surface area contributed by atoms with Gasteiger partial charge in [0.05, 0.1) is 7.05 Å². The zero-order valence-corrected chi connectivity index (χ0v) is 13.5. The fourth-order valence-corrected chi connectivity index (χ4v) is 2.76. The Hall–Kier alpha value is -1.40. The van der Waals surface area contributed by atoms with Crippen LogP contribution in [0.3, 0.4) is 0 Å². The zero-order valence-electron chi connectivity index (χ0n) is 12.6. The molecule has 1 aliphatic rings. The maximum absolute atomic E-state index is 12.1. The molecule has 2 rings (SSSR count). The van der Waals surface area contributed by atoms with E-state index in [1.54, 1.807) is 11.3 Å². The van der Waals surface area contributed by atoms with Crippen molar-refractivity contribution in [3.8, 4) is 0 Å². The second kappa shape index (κ2) is 7.56. The Morgan fingerprint density at radius 2 is 2.24 bits per heavy atom. The molecule has 1 aromatic heterocycles. The number of amides is 2. The van der Waals surface area contributed by atoms with Gasteiger partial charge in [-0.2, -0.15) is 0 Å². The molecule has 0 bridgehead atoms. The van der Waals surface area contributed by atoms with Crippen molar-refractivity contribution in [3.63, 3.8) is 0 Å². The minimum Gasteiger partial charge on any atom is -0.351 e. The summed E-state index contributed by atoms with van der Waals surface area (Å²) in [7, 11) is 1.88. The first-order chi connectivity index (χ1) is 10.1. The Kier molecular flexibility index (Phi) is 5.76. The Morgan fingerprint density at radius 1 is 1.48 bits per heavy atom. The van der Waals surface area contributed by atoms with Crippen molar-refractivity contribution in [1.82, 2.24) is 10.6 Å². The molecule has 2 atom stereocenters. The third-order valence-corrected chi connectivity index (χ3v) is 4.70. The Labute approximate surface area is 129 Å². The summed E-state index contributed by atoms with van der Waals surface area (Å²) in [6.07, 6.45) is 3.03. The van der Waals surface area contributed by atoms with Crippen molar-refractivity contribution < 1.29 is 14.5 Å². The molecule has 0 spiro atoms. The van der Waals surface area contributed by atoms with E-state index >= 15 is 0 Å². The lowest BCUT2D eigenvalue weighted by molar-refractivity contribution is -0.886. The average molecular weight is 310 g/mol. The van der Waals surface area contributed by atoms with Crippen LogP contribution < -0.4 is 15.5 Å². The lowest BCUT2D eigenvalue weighted by Crippen LogP contribution is -3.15. The molecule has 0 aromatic carbocycles. The predicted molar refractivity (Wildman–Crippen MR) is 83.4 cm³/mol. The molecule has 1 aliphatic carbocycles. The highest BCUT2D eigenvalue weighted by atomic mass is 32.1. The SMILES string of the molecule is C[C@@H](C(=O)NCCc1cccs1)[NH+](C)CC(=O)NC1CC1. The van der Waals surface area contributed by atoms with Gasteiger partial charge in [0.25, 0.3) is 11.8 Å². The number of hydrogen-bond donors (Lipinski definition) is 3. The van der Waals surface area contributed by atoms with Gasteiger partial charge in [0.2, 0.25) is 0 Å². The van der Waals surface area contributed by atoms with Gasteiger partial charge in [0.1, 0.15) is 0 Å². The standard InChI is InChI=1S/C15H23N3O2S/c1-11(18(2)10-14(19)17-12-5-6-12)15(20)16-8-7-13-4-3-9-21-13/h3-4,9,11-12H,5-8,10H2,1-2H3,(H,16,20)(H,17,19)/p+1/t11-/m0/s1. The van der Waals surface area contributed by atoms with Crippen LogP contribution in [0.25, 0.3) is 0 Å². The summed E-state index contributed by atoms with van der Waals surface area (Å²) < 4.78 is 0. The first kappa shape index (κ1) is 16.0. The highest BCUT2D eigenvalue weighted by molar-refractivity contribution is 7.09. The molecular weight excluding hydrogens is 286 g/mol. The molecule has 6 heteroatoms. The quantitative estimate of drug-likeness (QED) is 0.611. The van der Waals surface area contributed by atoms with E-state index in [1.165, 1.54) is 4.88 Å². The van der Waals surface area contributed by atoms with Gasteiger partial charge in [-0.1, -0.05) is 6.07 Å². The molecule has 0 saturated heterocycles. The Morgan fingerprint density at radius 3 is 2.86 bits per heavy atom. The van der Waals surface area contributed by atoms with Crippen LogP contribution in [0, 0.1) is 0 Å². The van der Waals surface area contributed by atoms with Crippen LogP contribution in [0.4, 0.5) is 0 Å². The first-order valence-electron chi connectivity index (χ1n) is 7.48. The number of nitrogens with one attached hydrogen (secondary N) is 3. The van der Waals surface area contributed by atoms with Gasteiger partial charge in [0, 0.05) is 17.5 Å². The fraction of sp³-hybridized carbons (Fsp3) is 0.600. The van der Waals surface area contributed by atoms with Crippen LogP contribution >= 0.6 is 11.3 Å². The highest BCUT2D eigenvalue weighted by Gasteiger charge is 2.27. The normalized spacial score (nSPS) is 17.0. The third kappa shape index (κ3) is 5.47. The van der Waals surface area contributed by atoms with Crippen LogP contribution in [0.5, 0.6) is 0 Å². The number of rotatable bonds is 8. The minimum atomic E-state index is -0.224. The van der Waals surface area contributed by atoms with E-state index in [-0.39, 0.29) is 17.9 Å². The number of carbonyl (C=O) groups excluding carboxylic acids is 2. The third-order valence-electron chi connectivity index (χ3n) is 3.77. The van der Waals surface area contributed by atoms with Crippen LogP contribution in [-0.2, 0) is 16.0 Å². The Balaban J connectivity index is 1.66. The van der Waals surface area contributed by atoms with Crippen LogP contribution in [0.1, 0.15) is 24.6 Å². The molecule has 1 unspecified atom stereocenters. The summed E-state index contributed by atoms with van der Waals surface area (Å²) in [5.41, 5.74) is 0. The van der Waals surface area contributed by atoms with E-state index in [9.17, 15) is 9.59 Å². The molecule has 3 N–H and O–H groups in total. The van der Waals surface area contributed by atoms with Crippen molar-refractivity contribution in [2.24, 2.45) is 0 Å². The lowest BCUT2D eigenvalue weighted by atomic mass is 10.2. The van der Waals surface area contributed by atoms with E-state index in [0.717, 1.165) is 24.2 Å². The first-order valence-corrected chi connectivity index (χ1v) is 8.36. The second-order valence-electron chi connectivity index (χ2n) is 5.71. The van der Waals surface area contributed by atoms with Crippen LogP contribution in [0.15, 0.2) is 17.5 Å². The molecule has 5 nitrogen and oxygen atoms in total. The summed E-state index contributed by atoms with van der Waals surface area (Å²) in [4.78, 5) is 26.0. The molecule has 0 radical (unpaired) electrons. The molecule has 0 aliphatic heterocycles. The van der Waals surface area contributed by atoms with Gasteiger partial charge in [-0.15, -0.1) is 11.3 Å². The summed E-state index contributed by atoms with van der Waals surface area (Å²) >= 11 is 1.70. The van der Waals surface area contributed by atoms with Gasteiger partial charge in [-0.25, -0.2) is 0 Å². The van der Waals surface area contributed by atoms with Crippen molar-refractivity contribution >= 4 is 23.2 Å². The molecule has 2 amide bonds. The average Bonchev–Trinajstić information content (AvgIpc) is 3.10. The summed E-state index contributed by atoms with van der Waals surface area (Å²) in [5.74, 6) is 0.0384. The molecule has 1 saturated carbocycles. The van der Waals surface area contributed by atoms with Gasteiger partial charge >= 0.3 is 0 Å². The van der Waals surface area contributed by atoms with Crippen molar-refractivity contribution in [3.05, 3.63) is 22.4 Å². The van der Waals surface area contributed by atoms with Gasteiger partial charge in [0.15, 0.2) is 12.6 Å². The predicted octanol–water partition coefficient (Wildman–Crippen LogP) is -0.411. The maximum Gasteiger partial charge on any atom is 0.278 e. The Bertz CT molecular complexity index is 471. The number of quaternary nitrogens is 1. The van der Waals surface area contributed by atoms with Gasteiger partial charge < -0.3 is 15.5 Å². The molecule has 21 heavy (non-hydrogen) atoms. The summed E-state index contributed by atoms with van der Waals surface area (Å²) in [6.45, 7) is 2.85. The minimum absolute atomic E-state index is 0.00304. The highest BCUT2D eigenvalue weighted by Crippen LogP contribution is 2.17. The summed E-state index contributed by atoms with van der Waals surface area (Å²) in [5, 5.41) is 7.93. The fourth-order valence-electron chi connectivity index (χ4n) is 2.05. The maximum atomic E-state index is 12.1. The molecular formula is C15H24N3O2S+. The van der Waals surface area contributed by atoms with Crippen molar-refractivity contribution in [2.75, 3.05) is 20.1 Å². The van der Waals surface area contributed by atoms with Crippen LogP contribution in [0.2, 0.25) is 0 Å². The van der Waals surface area contributed by atoms with E-state index in [0.29, 0.717) is 19.1 Å². The van der Waals surface area contributed by atoms with E-state index in [1.807, 2.05) is 25.4 Å². The zero-order chi connectivity index (χ0) is 15.2. The van der Waals surface area contributed by atoms with Crippen molar-refractivity contribution in [1.29, 1.82) is 0 Å². The lowest BCUT2D eigenvalue weighted by Gasteiger charge is -2.20. The number of carbonyl (C=O) groups is 2. The van der Waals surface area contributed by atoms with E-state index in [4.69, 9.17) is 0 Å². The van der Waals surface area contributed by atoms with E-state index in [2.05, 4.69) is 16.7 Å². The number of thiophene rings is 1. The second-order valence-corrected chi connectivity index (χ2v) is 6.74.